The van der Waals surface area contributed by atoms with E-state index in [2.05, 4.69) is 0 Å². The number of carbonyl (C=O) groups excluding carboxylic acids is 1. The zero-order valence-corrected chi connectivity index (χ0v) is 22.4. The molecule has 5 rings (SSSR count). The van der Waals surface area contributed by atoms with Gasteiger partial charge in [-0.2, -0.15) is 0 Å². The second kappa shape index (κ2) is 11.3. The molecule has 0 unspecified atom stereocenters. The van der Waals surface area contributed by atoms with Crippen LogP contribution in [0.25, 0.3) is 6.08 Å². The number of rotatable bonds is 6. The highest BCUT2D eigenvalue weighted by Crippen LogP contribution is 2.38. The van der Waals surface area contributed by atoms with E-state index in [-0.39, 0.29) is 12.5 Å². The van der Waals surface area contributed by atoms with Gasteiger partial charge < -0.3 is 4.74 Å². The van der Waals surface area contributed by atoms with Crippen molar-refractivity contribution in [3.05, 3.63) is 129 Å². The van der Waals surface area contributed by atoms with E-state index in [0.29, 0.717) is 26.4 Å². The number of aliphatic imine (C=N–C) groups is 1. The van der Waals surface area contributed by atoms with Crippen molar-refractivity contribution in [2.45, 2.75) is 20.5 Å². The summed E-state index contributed by atoms with van der Waals surface area (Å²) < 4.78 is 19.8. The number of hydrogen-bond donors (Lipinski definition) is 0. The van der Waals surface area contributed by atoms with Crippen molar-refractivity contribution in [3.8, 4) is 5.75 Å². The molecule has 1 aliphatic rings. The van der Waals surface area contributed by atoms with Crippen molar-refractivity contribution in [2.75, 3.05) is 4.90 Å². The summed E-state index contributed by atoms with van der Waals surface area (Å²) in [6.07, 6.45) is 1.84. The van der Waals surface area contributed by atoms with Crippen LogP contribution >= 0.6 is 23.4 Å². The van der Waals surface area contributed by atoms with Gasteiger partial charge in [-0.3, -0.25) is 9.69 Å². The fourth-order valence-electron chi connectivity index (χ4n) is 4.07. The maximum Gasteiger partial charge on any atom is 0.271 e. The van der Waals surface area contributed by atoms with E-state index in [1.54, 1.807) is 29.2 Å². The second-order valence-corrected chi connectivity index (χ2v) is 10.2. The zero-order valence-electron chi connectivity index (χ0n) is 20.8. The minimum Gasteiger partial charge on any atom is -0.489 e. The number of halogens is 2. The molecule has 0 N–H and O–H groups in total. The monoisotopic (exact) mass is 542 g/mol. The molecule has 1 amide bonds. The third-order valence-electron chi connectivity index (χ3n) is 6.09. The number of hydrogen-bond acceptors (Lipinski definition) is 4. The van der Waals surface area contributed by atoms with Crippen LogP contribution in [0.15, 0.2) is 101 Å². The van der Waals surface area contributed by atoms with E-state index in [4.69, 9.17) is 21.3 Å². The van der Waals surface area contributed by atoms with Gasteiger partial charge >= 0.3 is 0 Å². The fraction of sp³-hybridized carbons (Fsp3) is 0.0968. The van der Waals surface area contributed by atoms with Crippen LogP contribution < -0.4 is 9.64 Å². The van der Waals surface area contributed by atoms with Gasteiger partial charge in [0.1, 0.15) is 18.2 Å². The summed E-state index contributed by atoms with van der Waals surface area (Å²) in [5.74, 6) is 0.0257. The van der Waals surface area contributed by atoms with Crippen molar-refractivity contribution < 1.29 is 13.9 Å². The summed E-state index contributed by atoms with van der Waals surface area (Å²) in [5, 5.41) is 0.927. The summed E-state index contributed by atoms with van der Waals surface area (Å²) in [5.41, 5.74) is 4.85. The molecule has 4 aromatic rings. The number of amides is 1. The van der Waals surface area contributed by atoms with E-state index in [0.717, 1.165) is 28.1 Å². The molecule has 1 fully saturated rings. The number of aryl methyl sites for hydroxylation is 2. The fourth-order valence-corrected chi connectivity index (χ4v) is 5.27. The zero-order chi connectivity index (χ0) is 26.6. The summed E-state index contributed by atoms with van der Waals surface area (Å²) in [7, 11) is 0. The lowest BCUT2D eigenvalue weighted by Crippen LogP contribution is -2.28. The van der Waals surface area contributed by atoms with Crippen LogP contribution in [0.1, 0.15) is 22.3 Å². The third-order valence-corrected chi connectivity index (χ3v) is 7.41. The normalized spacial score (nSPS) is 15.5. The highest BCUT2D eigenvalue weighted by atomic mass is 35.5. The van der Waals surface area contributed by atoms with Gasteiger partial charge in [0.05, 0.1) is 21.3 Å². The van der Waals surface area contributed by atoms with Gasteiger partial charge in [-0.05, 0) is 84.8 Å². The van der Waals surface area contributed by atoms with Crippen molar-refractivity contribution in [1.29, 1.82) is 0 Å². The Morgan fingerprint density at radius 3 is 2.29 bits per heavy atom. The topological polar surface area (TPSA) is 41.9 Å². The quantitative estimate of drug-likeness (QED) is 0.229. The highest BCUT2D eigenvalue weighted by molar-refractivity contribution is 8.19. The number of thioether (sulfide) groups is 1. The molecule has 0 radical (unpaired) electrons. The van der Waals surface area contributed by atoms with Crippen molar-refractivity contribution >= 4 is 51.9 Å². The third kappa shape index (κ3) is 5.52. The van der Waals surface area contributed by atoms with Crippen LogP contribution in [0.4, 0.5) is 15.8 Å². The van der Waals surface area contributed by atoms with Gasteiger partial charge in [-0.1, -0.05) is 66.2 Å². The molecule has 4 aromatic carbocycles. The summed E-state index contributed by atoms with van der Waals surface area (Å²) >= 11 is 7.43. The van der Waals surface area contributed by atoms with Crippen LogP contribution in [-0.2, 0) is 11.4 Å². The Hall–Kier alpha value is -3.87. The van der Waals surface area contributed by atoms with Gasteiger partial charge in [0.2, 0.25) is 0 Å². The van der Waals surface area contributed by atoms with E-state index in [9.17, 15) is 9.18 Å². The largest absolute Gasteiger partial charge is 0.489 e. The van der Waals surface area contributed by atoms with Crippen LogP contribution in [0.2, 0.25) is 5.02 Å². The SMILES string of the molecule is Cc1cccc(C)c1N=C1SC(=Cc2ccc(OCc3c(F)cccc3Cl)cc2)C(=O)N1c1ccccc1. The lowest BCUT2D eigenvalue weighted by atomic mass is 10.1. The lowest BCUT2D eigenvalue weighted by molar-refractivity contribution is -0.113. The Morgan fingerprint density at radius 1 is 0.921 bits per heavy atom. The minimum absolute atomic E-state index is 0.0183. The Labute approximate surface area is 230 Å². The molecular weight excluding hydrogens is 519 g/mol. The Bertz CT molecular complexity index is 1510. The molecule has 1 heterocycles. The van der Waals surface area contributed by atoms with Gasteiger partial charge in [-0.15, -0.1) is 0 Å². The van der Waals surface area contributed by atoms with Crippen LogP contribution in [0.3, 0.4) is 0 Å². The van der Waals surface area contributed by atoms with Crippen LogP contribution in [-0.4, -0.2) is 11.1 Å². The van der Waals surface area contributed by atoms with Crippen LogP contribution in [0.5, 0.6) is 5.75 Å². The maximum absolute atomic E-state index is 14.0. The number of benzene rings is 4. The van der Waals surface area contributed by atoms with Crippen molar-refractivity contribution in [2.24, 2.45) is 4.99 Å². The molecular formula is C31H24ClFN2O2S. The number of nitrogens with zero attached hydrogens (tertiary/aromatic N) is 2. The summed E-state index contributed by atoms with van der Waals surface area (Å²) in [6.45, 7) is 4.05. The summed E-state index contributed by atoms with van der Waals surface area (Å²) in [6, 6.07) is 27.4. The Kier molecular flexibility index (Phi) is 7.63. The molecule has 4 nitrogen and oxygen atoms in total. The lowest BCUT2D eigenvalue weighted by Gasteiger charge is -2.16. The highest BCUT2D eigenvalue weighted by Gasteiger charge is 2.34. The van der Waals surface area contributed by atoms with Gasteiger partial charge in [0.15, 0.2) is 5.17 Å². The standard InChI is InChI=1S/C31H24ClFN2O2S/c1-20-8-6-9-21(2)29(20)34-31-35(23-10-4-3-5-11-23)30(36)28(38-31)18-22-14-16-24(17-15-22)37-19-25-26(32)12-7-13-27(25)33/h3-18H,19H2,1-2H3. The van der Waals surface area contributed by atoms with E-state index in [1.165, 1.54) is 17.8 Å². The molecule has 0 spiro atoms. The number of carbonyl (C=O) groups is 1. The van der Waals surface area contributed by atoms with Gasteiger partial charge in [-0.25, -0.2) is 9.38 Å². The molecule has 7 heteroatoms. The number of para-hydroxylation sites is 2. The van der Waals surface area contributed by atoms with E-state index >= 15 is 0 Å². The van der Waals surface area contributed by atoms with Crippen molar-refractivity contribution in [3.63, 3.8) is 0 Å². The molecule has 1 aliphatic heterocycles. The predicted octanol–water partition coefficient (Wildman–Crippen LogP) is 8.48. The van der Waals surface area contributed by atoms with Crippen LogP contribution in [0, 0.1) is 19.7 Å². The van der Waals surface area contributed by atoms with E-state index in [1.807, 2.05) is 80.6 Å². The smallest absolute Gasteiger partial charge is 0.271 e. The summed E-state index contributed by atoms with van der Waals surface area (Å²) in [4.78, 5) is 20.7. The molecule has 38 heavy (non-hydrogen) atoms. The average Bonchev–Trinajstić information content (AvgIpc) is 3.21. The number of ether oxygens (including phenoxy) is 1. The molecule has 1 saturated heterocycles. The van der Waals surface area contributed by atoms with Gasteiger partial charge in [0, 0.05) is 5.56 Å². The molecule has 0 atom stereocenters. The molecule has 190 valence electrons. The predicted molar refractivity (Wildman–Crippen MR) is 155 cm³/mol. The maximum atomic E-state index is 14.0. The first kappa shape index (κ1) is 25.8. The molecule has 0 saturated carbocycles. The Morgan fingerprint density at radius 2 is 1.61 bits per heavy atom. The number of amidine groups is 1. The second-order valence-electron chi connectivity index (χ2n) is 8.78. The van der Waals surface area contributed by atoms with E-state index < -0.39 is 5.82 Å². The first-order valence-corrected chi connectivity index (χ1v) is 13.2. The first-order valence-electron chi connectivity index (χ1n) is 12.0. The average molecular weight is 543 g/mol. The number of anilines is 1. The molecule has 0 aromatic heterocycles. The van der Waals surface area contributed by atoms with Crippen molar-refractivity contribution in [1.82, 2.24) is 0 Å². The Balaban J connectivity index is 1.41. The van der Waals surface area contributed by atoms with Gasteiger partial charge in [0.25, 0.3) is 5.91 Å². The molecule has 0 bridgehead atoms. The molecule has 0 aliphatic carbocycles. The first-order chi connectivity index (χ1) is 18.4. The minimum atomic E-state index is -0.406.